The van der Waals surface area contributed by atoms with Gasteiger partial charge in [-0.1, -0.05) is 12.1 Å². The van der Waals surface area contributed by atoms with Gasteiger partial charge in [-0.15, -0.1) is 0 Å². The molecule has 0 fully saturated rings. The fraction of sp³-hybridized carbons (Fsp3) is 0.438. The lowest BCUT2D eigenvalue weighted by Crippen LogP contribution is -2.20. The van der Waals surface area contributed by atoms with Crippen LogP contribution in [0, 0.1) is 6.92 Å². The average Bonchev–Trinajstić information content (AvgIpc) is 2.79. The van der Waals surface area contributed by atoms with E-state index in [4.69, 9.17) is 4.74 Å². The predicted molar refractivity (Wildman–Crippen MR) is 88.6 cm³/mol. The van der Waals surface area contributed by atoms with E-state index in [1.165, 1.54) is 11.3 Å². The van der Waals surface area contributed by atoms with E-state index >= 15 is 0 Å². The van der Waals surface area contributed by atoms with Crippen molar-refractivity contribution in [2.45, 2.75) is 39.9 Å². The third kappa shape index (κ3) is 3.66. The zero-order chi connectivity index (χ0) is 15.4. The van der Waals surface area contributed by atoms with Crippen molar-refractivity contribution in [3.63, 3.8) is 0 Å². The Kier molecular flexibility index (Phi) is 5.42. The second-order valence-electron chi connectivity index (χ2n) is 5.04. The fourth-order valence-corrected chi connectivity index (χ4v) is 2.72. The van der Waals surface area contributed by atoms with Crippen LogP contribution in [-0.4, -0.2) is 16.9 Å². The molecule has 0 saturated carbocycles. The summed E-state index contributed by atoms with van der Waals surface area (Å²) in [4.78, 5) is 0. The highest BCUT2D eigenvalue weighted by Crippen LogP contribution is 2.22. The van der Waals surface area contributed by atoms with E-state index < -0.39 is 0 Å². The van der Waals surface area contributed by atoms with Crippen molar-refractivity contribution in [2.24, 2.45) is 0 Å². The second kappa shape index (κ2) is 7.09. The third-order valence-corrected chi connectivity index (χ3v) is 4.68. The first kappa shape index (κ1) is 16.0. The third-order valence-electron chi connectivity index (χ3n) is 3.64. The van der Waals surface area contributed by atoms with Gasteiger partial charge >= 0.3 is 0 Å². The van der Waals surface area contributed by atoms with Gasteiger partial charge in [0, 0.05) is 19.1 Å². The van der Waals surface area contributed by atoms with Crippen molar-refractivity contribution in [1.82, 2.24) is 15.1 Å². The minimum Gasteiger partial charge on any atom is -0.497 e. The Morgan fingerprint density at radius 3 is 2.57 bits per heavy atom. The van der Waals surface area contributed by atoms with Crippen molar-refractivity contribution in [3.8, 4) is 5.75 Å². The number of benzene rings is 1. The Labute approximate surface area is 134 Å². The van der Waals surface area contributed by atoms with Crippen LogP contribution in [0.3, 0.4) is 0 Å². The van der Waals surface area contributed by atoms with Crippen molar-refractivity contribution < 1.29 is 4.74 Å². The molecule has 1 aromatic carbocycles. The van der Waals surface area contributed by atoms with E-state index in [2.05, 4.69) is 52.3 Å². The molecule has 0 aliphatic heterocycles. The van der Waals surface area contributed by atoms with Crippen LogP contribution in [0.1, 0.15) is 36.8 Å². The Hall–Kier alpha value is -1.33. The van der Waals surface area contributed by atoms with Gasteiger partial charge in [0.25, 0.3) is 0 Å². The van der Waals surface area contributed by atoms with E-state index in [-0.39, 0.29) is 6.04 Å². The summed E-state index contributed by atoms with van der Waals surface area (Å²) in [6.45, 7) is 7.94. The summed E-state index contributed by atoms with van der Waals surface area (Å²) >= 11 is 3.63. The Balaban J connectivity index is 2.05. The molecule has 1 N–H and O–H groups in total. The number of nitrogens with one attached hydrogen (secondary N) is 1. The maximum atomic E-state index is 5.19. The van der Waals surface area contributed by atoms with Crippen LogP contribution in [0.25, 0.3) is 0 Å². The van der Waals surface area contributed by atoms with Crippen LogP contribution in [0.15, 0.2) is 28.7 Å². The molecule has 1 heterocycles. The lowest BCUT2D eigenvalue weighted by Gasteiger charge is -2.15. The van der Waals surface area contributed by atoms with Crippen LogP contribution in [-0.2, 0) is 13.1 Å². The first-order valence-corrected chi connectivity index (χ1v) is 7.95. The maximum absolute atomic E-state index is 5.19. The average molecular weight is 352 g/mol. The van der Waals surface area contributed by atoms with Gasteiger partial charge in [0.15, 0.2) is 0 Å². The van der Waals surface area contributed by atoms with Crippen molar-refractivity contribution >= 4 is 15.9 Å². The second-order valence-corrected chi connectivity index (χ2v) is 5.83. The van der Waals surface area contributed by atoms with Gasteiger partial charge in [0.1, 0.15) is 5.75 Å². The fourth-order valence-electron chi connectivity index (χ4n) is 2.30. The van der Waals surface area contributed by atoms with Gasteiger partial charge < -0.3 is 10.1 Å². The Morgan fingerprint density at radius 1 is 1.33 bits per heavy atom. The summed E-state index contributed by atoms with van der Waals surface area (Å²) in [5.41, 5.74) is 3.47. The zero-order valence-corrected chi connectivity index (χ0v) is 14.6. The largest absolute Gasteiger partial charge is 0.497 e. The summed E-state index contributed by atoms with van der Waals surface area (Å²) in [5.74, 6) is 0.883. The van der Waals surface area contributed by atoms with E-state index in [1.54, 1.807) is 7.11 Å². The number of halogens is 1. The molecule has 0 radical (unpaired) electrons. The molecule has 5 heteroatoms. The molecular formula is C16H22BrN3O. The lowest BCUT2D eigenvalue weighted by molar-refractivity contribution is 0.414. The van der Waals surface area contributed by atoms with Gasteiger partial charge in [0.2, 0.25) is 0 Å². The number of hydrogen-bond donors (Lipinski definition) is 1. The van der Waals surface area contributed by atoms with Crippen molar-refractivity contribution in [1.29, 1.82) is 0 Å². The first-order valence-electron chi connectivity index (χ1n) is 7.16. The molecule has 0 aliphatic carbocycles. The summed E-state index contributed by atoms with van der Waals surface area (Å²) in [5, 5.41) is 8.07. The maximum Gasteiger partial charge on any atom is 0.118 e. The first-order chi connectivity index (χ1) is 10.1. The van der Waals surface area contributed by atoms with Gasteiger partial charge in [-0.3, -0.25) is 4.68 Å². The monoisotopic (exact) mass is 351 g/mol. The normalized spacial score (nSPS) is 12.4. The summed E-state index contributed by atoms with van der Waals surface area (Å²) in [6, 6.07) is 8.43. The number of hydrogen-bond acceptors (Lipinski definition) is 3. The highest BCUT2D eigenvalue weighted by atomic mass is 79.9. The molecule has 1 atom stereocenters. The summed E-state index contributed by atoms with van der Waals surface area (Å²) < 4.78 is 8.32. The van der Waals surface area contributed by atoms with E-state index in [0.717, 1.165) is 29.0 Å². The molecule has 21 heavy (non-hydrogen) atoms. The van der Waals surface area contributed by atoms with Crippen LogP contribution >= 0.6 is 15.9 Å². The quantitative estimate of drug-likeness (QED) is 0.859. The van der Waals surface area contributed by atoms with Gasteiger partial charge in [-0.2, -0.15) is 5.10 Å². The highest BCUT2D eigenvalue weighted by molar-refractivity contribution is 9.10. The van der Waals surface area contributed by atoms with E-state index in [0.29, 0.717) is 0 Å². The van der Waals surface area contributed by atoms with Crippen molar-refractivity contribution in [2.75, 3.05) is 7.11 Å². The minimum absolute atomic E-state index is 0.267. The number of rotatable bonds is 6. The highest BCUT2D eigenvalue weighted by Gasteiger charge is 2.13. The van der Waals surface area contributed by atoms with Crippen LogP contribution in [0.4, 0.5) is 0 Å². The number of nitrogens with zero attached hydrogens (tertiary/aromatic N) is 2. The standard InChI is InChI=1S/C16H22BrN3O/c1-5-20-15(16(17)12(3)19-20)10-18-11(2)13-6-8-14(21-4)9-7-13/h6-9,11,18H,5,10H2,1-4H3/t11-/m1/s1. The number of aromatic nitrogens is 2. The number of aryl methyl sites for hydroxylation is 2. The molecule has 114 valence electrons. The molecule has 0 spiro atoms. The van der Waals surface area contributed by atoms with Crippen LogP contribution in [0.5, 0.6) is 5.75 Å². The molecule has 4 nitrogen and oxygen atoms in total. The molecular weight excluding hydrogens is 330 g/mol. The summed E-state index contributed by atoms with van der Waals surface area (Å²) in [6.07, 6.45) is 0. The predicted octanol–water partition coefficient (Wildman–Crippen LogP) is 3.83. The van der Waals surface area contributed by atoms with Gasteiger partial charge in [0.05, 0.1) is 23.0 Å². The molecule has 1 aromatic heterocycles. The number of ether oxygens (including phenoxy) is 1. The zero-order valence-electron chi connectivity index (χ0n) is 13.0. The van der Waals surface area contributed by atoms with Gasteiger partial charge in [-0.25, -0.2) is 0 Å². The molecule has 0 bridgehead atoms. The lowest BCUT2D eigenvalue weighted by atomic mass is 10.1. The van der Waals surface area contributed by atoms with E-state index in [1.807, 2.05) is 23.7 Å². The SMILES string of the molecule is CCn1nc(C)c(Br)c1CN[C@H](C)c1ccc(OC)cc1. The number of methoxy groups -OCH3 is 1. The molecule has 2 rings (SSSR count). The van der Waals surface area contributed by atoms with Gasteiger partial charge in [-0.05, 0) is 54.4 Å². The molecule has 2 aromatic rings. The van der Waals surface area contributed by atoms with Crippen LogP contribution < -0.4 is 10.1 Å². The molecule has 0 aliphatic rings. The molecule has 0 amide bonds. The Morgan fingerprint density at radius 2 is 2.00 bits per heavy atom. The topological polar surface area (TPSA) is 39.1 Å². The molecule has 0 unspecified atom stereocenters. The smallest absolute Gasteiger partial charge is 0.118 e. The van der Waals surface area contributed by atoms with Crippen molar-refractivity contribution in [3.05, 3.63) is 45.7 Å². The Bertz CT molecular complexity index is 592. The summed E-state index contributed by atoms with van der Waals surface area (Å²) in [7, 11) is 1.68. The minimum atomic E-state index is 0.267. The van der Waals surface area contributed by atoms with Crippen LogP contribution in [0.2, 0.25) is 0 Å². The van der Waals surface area contributed by atoms with E-state index in [9.17, 15) is 0 Å². The molecule has 0 saturated heterocycles.